The number of likely N-dealkylation sites (tertiary alicyclic amines) is 1. The first-order valence-electron chi connectivity index (χ1n) is 9.42. The molecule has 4 fully saturated rings. The molecule has 2 atom stereocenters. The van der Waals surface area contributed by atoms with E-state index in [2.05, 4.69) is 10.2 Å². The largest absolute Gasteiger partial charge is 0.424 e. The van der Waals surface area contributed by atoms with Crippen molar-refractivity contribution in [2.24, 2.45) is 5.92 Å². The first-order chi connectivity index (χ1) is 11.6. The van der Waals surface area contributed by atoms with Crippen molar-refractivity contribution < 1.29 is 14.3 Å². The molecule has 0 unspecified atom stereocenters. The fourth-order valence-electron chi connectivity index (χ4n) is 4.91. The molecule has 5 rings (SSSR count). The zero-order valence-corrected chi connectivity index (χ0v) is 14.0. The van der Waals surface area contributed by atoms with Crippen LogP contribution in [-0.2, 0) is 10.2 Å². The molecule has 1 aromatic heterocycles. The maximum atomic E-state index is 12.7. The number of rotatable bonds is 4. The van der Waals surface area contributed by atoms with Crippen LogP contribution in [0.15, 0.2) is 4.42 Å². The Hall–Kier alpha value is -1.43. The fraction of sp³-hybridized carbons (Fsp3) is 0.833. The second kappa shape index (κ2) is 5.04. The molecule has 3 saturated carbocycles. The fourth-order valence-corrected chi connectivity index (χ4v) is 4.91. The van der Waals surface area contributed by atoms with Gasteiger partial charge in [0.15, 0.2) is 0 Å². The average Bonchev–Trinajstić information content (AvgIpc) is 2.96. The van der Waals surface area contributed by atoms with E-state index in [0.29, 0.717) is 18.4 Å². The van der Waals surface area contributed by atoms with Gasteiger partial charge in [-0.3, -0.25) is 4.79 Å². The number of carbonyl (C=O) groups is 1. The van der Waals surface area contributed by atoms with E-state index in [4.69, 9.17) is 4.42 Å². The van der Waals surface area contributed by atoms with Gasteiger partial charge < -0.3 is 14.4 Å². The maximum absolute atomic E-state index is 12.7. The summed E-state index contributed by atoms with van der Waals surface area (Å²) in [6, 6.07) is 0. The first kappa shape index (κ1) is 14.9. The predicted octanol–water partition coefficient (Wildman–Crippen LogP) is 2.13. The summed E-state index contributed by atoms with van der Waals surface area (Å²) in [5, 5.41) is 19.0. The van der Waals surface area contributed by atoms with Crippen LogP contribution < -0.4 is 0 Å². The minimum Gasteiger partial charge on any atom is -0.424 e. The van der Waals surface area contributed by atoms with Gasteiger partial charge in [0.25, 0.3) is 0 Å². The summed E-state index contributed by atoms with van der Waals surface area (Å²) < 4.78 is 6.05. The van der Waals surface area contributed by atoms with Crippen LogP contribution in [0.1, 0.15) is 75.5 Å². The SMILES string of the molecule is O=C(CC1(O)CCC1)N1C[C@@H]2CCC[C@]2(c2nnc(C3CC3)o2)C1. The van der Waals surface area contributed by atoms with Crippen LogP contribution in [0.5, 0.6) is 0 Å². The summed E-state index contributed by atoms with van der Waals surface area (Å²) in [5.74, 6) is 2.52. The van der Waals surface area contributed by atoms with E-state index in [9.17, 15) is 9.90 Å². The van der Waals surface area contributed by atoms with Crippen molar-refractivity contribution in [2.75, 3.05) is 13.1 Å². The first-order valence-corrected chi connectivity index (χ1v) is 9.42. The average molecular weight is 331 g/mol. The lowest BCUT2D eigenvalue weighted by molar-refractivity contribution is -0.139. The zero-order chi connectivity index (χ0) is 16.4. The molecule has 6 nitrogen and oxygen atoms in total. The molecule has 0 radical (unpaired) electrons. The Labute approximate surface area is 141 Å². The number of nitrogens with zero attached hydrogens (tertiary/aromatic N) is 3. The lowest BCUT2D eigenvalue weighted by Gasteiger charge is -2.37. The van der Waals surface area contributed by atoms with E-state index in [1.54, 1.807) is 0 Å². The molecule has 1 aromatic rings. The maximum Gasteiger partial charge on any atom is 0.225 e. The van der Waals surface area contributed by atoms with Gasteiger partial charge >= 0.3 is 0 Å². The minimum atomic E-state index is -0.744. The third-order valence-electron chi connectivity index (χ3n) is 6.78. The molecule has 1 saturated heterocycles. The topological polar surface area (TPSA) is 79.5 Å². The van der Waals surface area contributed by atoms with E-state index in [-0.39, 0.29) is 17.7 Å². The molecule has 3 aliphatic carbocycles. The Kier molecular flexibility index (Phi) is 3.12. The highest BCUT2D eigenvalue weighted by Gasteiger charge is 2.55. The van der Waals surface area contributed by atoms with Crippen LogP contribution >= 0.6 is 0 Å². The molecule has 6 heteroatoms. The molecular formula is C18H25N3O3. The van der Waals surface area contributed by atoms with Crippen molar-refractivity contribution in [3.63, 3.8) is 0 Å². The molecule has 130 valence electrons. The smallest absolute Gasteiger partial charge is 0.225 e. The van der Waals surface area contributed by atoms with Gasteiger partial charge in [0, 0.05) is 19.0 Å². The van der Waals surface area contributed by atoms with Crippen molar-refractivity contribution in [1.82, 2.24) is 15.1 Å². The molecular weight excluding hydrogens is 306 g/mol. The zero-order valence-electron chi connectivity index (χ0n) is 14.0. The van der Waals surface area contributed by atoms with Crippen molar-refractivity contribution >= 4 is 5.91 Å². The third kappa shape index (κ3) is 2.22. The van der Waals surface area contributed by atoms with E-state index in [1.807, 2.05) is 4.90 Å². The molecule has 0 aromatic carbocycles. The molecule has 1 amide bonds. The van der Waals surface area contributed by atoms with Gasteiger partial charge in [0.2, 0.25) is 17.7 Å². The number of amides is 1. The molecule has 0 spiro atoms. The Morgan fingerprint density at radius 3 is 2.75 bits per heavy atom. The van der Waals surface area contributed by atoms with Crippen molar-refractivity contribution in [2.45, 2.75) is 74.7 Å². The highest BCUT2D eigenvalue weighted by atomic mass is 16.4. The Morgan fingerprint density at radius 1 is 1.21 bits per heavy atom. The predicted molar refractivity (Wildman–Crippen MR) is 85.3 cm³/mol. The van der Waals surface area contributed by atoms with E-state index >= 15 is 0 Å². The number of hydrogen-bond donors (Lipinski definition) is 1. The minimum absolute atomic E-state index is 0.0907. The number of aromatic nitrogens is 2. The second-order valence-electron chi connectivity index (χ2n) is 8.49. The number of hydrogen-bond acceptors (Lipinski definition) is 5. The molecule has 4 aliphatic rings. The van der Waals surface area contributed by atoms with E-state index in [1.165, 1.54) is 0 Å². The van der Waals surface area contributed by atoms with Gasteiger partial charge in [-0.05, 0) is 50.9 Å². The second-order valence-corrected chi connectivity index (χ2v) is 8.49. The summed E-state index contributed by atoms with van der Waals surface area (Å²) in [6.45, 7) is 1.45. The summed E-state index contributed by atoms with van der Waals surface area (Å²) in [7, 11) is 0. The highest BCUT2D eigenvalue weighted by Crippen LogP contribution is 2.51. The number of aliphatic hydroxyl groups is 1. The van der Waals surface area contributed by atoms with Gasteiger partial charge in [0.05, 0.1) is 17.4 Å². The number of carbonyl (C=O) groups excluding carboxylic acids is 1. The third-order valence-corrected chi connectivity index (χ3v) is 6.78. The van der Waals surface area contributed by atoms with Crippen LogP contribution in [-0.4, -0.2) is 44.8 Å². The van der Waals surface area contributed by atoms with Gasteiger partial charge in [-0.25, -0.2) is 0 Å². The summed E-state index contributed by atoms with van der Waals surface area (Å²) in [5.41, 5.74) is -0.885. The summed E-state index contributed by atoms with van der Waals surface area (Å²) >= 11 is 0. The molecule has 0 bridgehead atoms. The monoisotopic (exact) mass is 331 g/mol. The van der Waals surface area contributed by atoms with Crippen LogP contribution in [0.2, 0.25) is 0 Å². The van der Waals surface area contributed by atoms with Crippen LogP contribution in [0.4, 0.5) is 0 Å². The molecule has 2 heterocycles. The summed E-state index contributed by atoms with van der Waals surface area (Å²) in [6.07, 6.45) is 8.44. The van der Waals surface area contributed by atoms with Crippen molar-refractivity contribution in [1.29, 1.82) is 0 Å². The van der Waals surface area contributed by atoms with Gasteiger partial charge in [0.1, 0.15) is 0 Å². The lowest BCUT2D eigenvalue weighted by atomic mass is 9.77. The molecule has 1 N–H and O–H groups in total. The van der Waals surface area contributed by atoms with Crippen LogP contribution in [0, 0.1) is 5.92 Å². The Morgan fingerprint density at radius 2 is 2.04 bits per heavy atom. The summed E-state index contributed by atoms with van der Waals surface area (Å²) in [4.78, 5) is 14.6. The van der Waals surface area contributed by atoms with E-state index in [0.717, 1.165) is 69.7 Å². The molecule has 1 aliphatic heterocycles. The quantitative estimate of drug-likeness (QED) is 0.914. The Bertz CT molecular complexity index is 664. The normalized spacial score (nSPS) is 34.2. The van der Waals surface area contributed by atoms with Gasteiger partial charge in [-0.15, -0.1) is 10.2 Å². The van der Waals surface area contributed by atoms with Crippen LogP contribution in [0.25, 0.3) is 0 Å². The van der Waals surface area contributed by atoms with Crippen molar-refractivity contribution in [3.8, 4) is 0 Å². The highest BCUT2D eigenvalue weighted by molar-refractivity contribution is 5.78. The van der Waals surface area contributed by atoms with Gasteiger partial charge in [-0.2, -0.15) is 0 Å². The van der Waals surface area contributed by atoms with E-state index < -0.39 is 5.60 Å². The Balaban J connectivity index is 1.36. The standard InChI is InChI=1S/C18H25N3O3/c22-14(9-17(23)6-2-7-17)21-10-13-3-1-8-18(13,11-21)16-20-19-15(24-16)12-4-5-12/h12-13,23H,1-11H2/t13-,18-/m0/s1. The lowest BCUT2D eigenvalue weighted by Crippen LogP contribution is -2.44. The number of fused-ring (bicyclic) bond motifs is 1. The van der Waals surface area contributed by atoms with Gasteiger partial charge in [-0.1, -0.05) is 6.42 Å². The molecule has 24 heavy (non-hydrogen) atoms. The van der Waals surface area contributed by atoms with Crippen molar-refractivity contribution in [3.05, 3.63) is 11.8 Å². The van der Waals surface area contributed by atoms with Crippen LogP contribution in [0.3, 0.4) is 0 Å².